The summed E-state index contributed by atoms with van der Waals surface area (Å²) in [5.41, 5.74) is 8.77. The van der Waals surface area contributed by atoms with Gasteiger partial charge in [-0.3, -0.25) is 5.43 Å². The van der Waals surface area contributed by atoms with Gasteiger partial charge in [-0.25, -0.2) is 9.80 Å². The van der Waals surface area contributed by atoms with Gasteiger partial charge in [0.25, 0.3) is 0 Å². The van der Waals surface area contributed by atoms with Gasteiger partial charge in [-0.15, -0.1) is 0 Å². The predicted molar refractivity (Wildman–Crippen MR) is 83.9 cm³/mol. The summed E-state index contributed by atoms with van der Waals surface area (Å²) in [6.45, 7) is 10.7. The van der Waals surface area contributed by atoms with E-state index in [0.717, 1.165) is 32.6 Å². The Balaban J connectivity index is 2.20. The second kappa shape index (κ2) is 8.53. The zero-order chi connectivity index (χ0) is 15.9. The monoisotopic (exact) mass is 301 g/mol. The van der Waals surface area contributed by atoms with Crippen molar-refractivity contribution in [2.45, 2.75) is 38.8 Å². The number of alkyl carbamates (subject to hydrolysis) is 1. The van der Waals surface area contributed by atoms with E-state index >= 15 is 0 Å². The zero-order valence-corrected chi connectivity index (χ0v) is 13.8. The number of piperazine rings is 1. The highest BCUT2D eigenvalue weighted by Crippen LogP contribution is 2.06. The van der Waals surface area contributed by atoms with E-state index in [9.17, 15) is 4.79 Å². The average Bonchev–Trinajstić information content (AvgIpc) is 2.38. The molecule has 1 aliphatic heterocycles. The number of ether oxygens (including phenoxy) is 1. The van der Waals surface area contributed by atoms with Crippen molar-refractivity contribution in [2.75, 3.05) is 46.3 Å². The molecule has 0 aromatic heterocycles. The maximum Gasteiger partial charge on any atom is 0.407 e. The summed E-state index contributed by atoms with van der Waals surface area (Å²) < 4.78 is 5.20. The van der Waals surface area contributed by atoms with Crippen molar-refractivity contribution in [3.8, 4) is 0 Å². The van der Waals surface area contributed by atoms with Crippen LogP contribution in [-0.2, 0) is 4.74 Å². The summed E-state index contributed by atoms with van der Waals surface area (Å²) >= 11 is 0. The van der Waals surface area contributed by atoms with Gasteiger partial charge in [0, 0.05) is 45.3 Å². The van der Waals surface area contributed by atoms with Crippen molar-refractivity contribution in [3.63, 3.8) is 0 Å². The van der Waals surface area contributed by atoms with E-state index < -0.39 is 5.60 Å². The second-order valence-corrected chi connectivity index (χ2v) is 6.57. The van der Waals surface area contributed by atoms with Crippen LogP contribution in [0.25, 0.3) is 0 Å². The summed E-state index contributed by atoms with van der Waals surface area (Å²) in [5, 5.41) is 4.98. The molecule has 21 heavy (non-hydrogen) atoms. The molecule has 0 radical (unpaired) electrons. The molecule has 0 aromatic carbocycles. The maximum atomic E-state index is 11.6. The number of nitrogens with one attached hydrogen (secondary N) is 2. The fraction of sp³-hybridized carbons (Fsp3) is 0.929. The molecule has 1 amide bonds. The SMILES string of the molecule is CN1CCN(NC(CN)CCNC(=O)OC(C)(C)C)CC1. The predicted octanol–water partition coefficient (Wildman–Crippen LogP) is -0.0195. The van der Waals surface area contributed by atoms with Crippen LogP contribution in [-0.4, -0.2) is 74.0 Å². The van der Waals surface area contributed by atoms with Crippen molar-refractivity contribution in [2.24, 2.45) is 5.73 Å². The first-order chi connectivity index (χ1) is 9.80. The Morgan fingerprint density at radius 2 is 1.90 bits per heavy atom. The highest BCUT2D eigenvalue weighted by molar-refractivity contribution is 5.67. The van der Waals surface area contributed by atoms with Crippen molar-refractivity contribution >= 4 is 6.09 Å². The molecule has 1 saturated heterocycles. The number of carbonyl (C=O) groups excluding carboxylic acids is 1. The Bertz CT molecular complexity index is 311. The Kier molecular flexibility index (Phi) is 7.37. The number of nitrogens with two attached hydrogens (primary N) is 1. The molecule has 7 nitrogen and oxygen atoms in total. The molecule has 0 saturated carbocycles. The lowest BCUT2D eigenvalue weighted by atomic mass is 10.2. The third-order valence-electron chi connectivity index (χ3n) is 3.31. The topological polar surface area (TPSA) is 82.9 Å². The minimum absolute atomic E-state index is 0.170. The molecular weight excluding hydrogens is 270 g/mol. The van der Waals surface area contributed by atoms with E-state index in [4.69, 9.17) is 10.5 Å². The van der Waals surface area contributed by atoms with E-state index in [1.165, 1.54) is 0 Å². The lowest BCUT2D eigenvalue weighted by Gasteiger charge is -2.35. The Labute approximate surface area is 128 Å². The number of carbonyl (C=O) groups is 1. The molecule has 124 valence electrons. The largest absolute Gasteiger partial charge is 0.444 e. The average molecular weight is 301 g/mol. The standard InChI is InChI=1S/C14H31N5O2/c1-14(2,3)21-13(20)16-6-5-12(11-15)17-19-9-7-18(4)8-10-19/h12,17H,5-11,15H2,1-4H3,(H,16,20). The summed E-state index contributed by atoms with van der Waals surface area (Å²) in [5.74, 6) is 0. The number of hydrazine groups is 1. The molecule has 1 atom stereocenters. The number of likely N-dealkylation sites (N-methyl/N-ethyl adjacent to an activating group) is 1. The molecule has 1 unspecified atom stereocenters. The van der Waals surface area contributed by atoms with Crippen LogP contribution in [0.2, 0.25) is 0 Å². The van der Waals surface area contributed by atoms with Crippen LogP contribution in [0.5, 0.6) is 0 Å². The molecule has 4 N–H and O–H groups in total. The van der Waals surface area contributed by atoms with Crippen LogP contribution in [0.1, 0.15) is 27.2 Å². The smallest absolute Gasteiger partial charge is 0.407 e. The second-order valence-electron chi connectivity index (χ2n) is 6.57. The first-order valence-corrected chi connectivity index (χ1v) is 7.67. The summed E-state index contributed by atoms with van der Waals surface area (Å²) in [6, 6.07) is 0.170. The van der Waals surface area contributed by atoms with E-state index in [0.29, 0.717) is 13.1 Å². The Hall–Kier alpha value is -0.890. The van der Waals surface area contributed by atoms with Crippen molar-refractivity contribution in [3.05, 3.63) is 0 Å². The van der Waals surface area contributed by atoms with E-state index in [-0.39, 0.29) is 12.1 Å². The maximum absolute atomic E-state index is 11.6. The molecule has 1 fully saturated rings. The minimum atomic E-state index is -0.463. The molecule has 7 heteroatoms. The lowest BCUT2D eigenvalue weighted by molar-refractivity contribution is 0.0519. The van der Waals surface area contributed by atoms with E-state index in [1.807, 2.05) is 20.8 Å². The van der Waals surface area contributed by atoms with E-state index in [1.54, 1.807) is 0 Å². The molecule has 0 bridgehead atoms. The molecule has 0 aliphatic carbocycles. The number of rotatable bonds is 6. The van der Waals surface area contributed by atoms with Crippen LogP contribution in [0.15, 0.2) is 0 Å². The zero-order valence-electron chi connectivity index (χ0n) is 13.8. The normalized spacial score (nSPS) is 19.3. The fourth-order valence-electron chi connectivity index (χ4n) is 2.09. The van der Waals surface area contributed by atoms with Crippen LogP contribution >= 0.6 is 0 Å². The first-order valence-electron chi connectivity index (χ1n) is 7.67. The Morgan fingerprint density at radius 1 is 1.29 bits per heavy atom. The first kappa shape index (κ1) is 18.2. The Morgan fingerprint density at radius 3 is 2.43 bits per heavy atom. The van der Waals surface area contributed by atoms with Crippen LogP contribution in [0, 0.1) is 0 Å². The van der Waals surface area contributed by atoms with Crippen molar-refractivity contribution < 1.29 is 9.53 Å². The molecular formula is C14H31N5O2. The molecule has 1 heterocycles. The van der Waals surface area contributed by atoms with Gasteiger partial charge in [0.15, 0.2) is 0 Å². The van der Waals surface area contributed by atoms with Crippen molar-refractivity contribution in [1.82, 2.24) is 20.7 Å². The van der Waals surface area contributed by atoms with Crippen LogP contribution in [0.4, 0.5) is 4.79 Å². The van der Waals surface area contributed by atoms with Gasteiger partial charge in [0.05, 0.1) is 0 Å². The molecule has 0 aromatic rings. The van der Waals surface area contributed by atoms with Gasteiger partial charge in [-0.1, -0.05) is 0 Å². The van der Waals surface area contributed by atoms with Gasteiger partial charge in [0.1, 0.15) is 5.60 Å². The highest BCUT2D eigenvalue weighted by atomic mass is 16.6. The van der Waals surface area contributed by atoms with Gasteiger partial charge >= 0.3 is 6.09 Å². The number of nitrogens with zero attached hydrogens (tertiary/aromatic N) is 2. The third-order valence-corrected chi connectivity index (χ3v) is 3.31. The van der Waals surface area contributed by atoms with Gasteiger partial charge in [-0.05, 0) is 34.2 Å². The summed E-state index contributed by atoms with van der Waals surface area (Å²) in [6.07, 6.45) is 0.403. The molecule has 0 spiro atoms. The van der Waals surface area contributed by atoms with Crippen LogP contribution < -0.4 is 16.5 Å². The number of hydrogen-bond donors (Lipinski definition) is 3. The fourth-order valence-corrected chi connectivity index (χ4v) is 2.09. The number of hydrogen-bond acceptors (Lipinski definition) is 6. The minimum Gasteiger partial charge on any atom is -0.444 e. The summed E-state index contributed by atoms with van der Waals surface area (Å²) in [7, 11) is 2.13. The van der Waals surface area contributed by atoms with Gasteiger partial charge in [0.2, 0.25) is 0 Å². The van der Waals surface area contributed by atoms with E-state index in [2.05, 4.69) is 27.7 Å². The lowest BCUT2D eigenvalue weighted by Crippen LogP contribution is -2.55. The quantitative estimate of drug-likeness (QED) is 0.640. The number of amides is 1. The van der Waals surface area contributed by atoms with Gasteiger partial charge < -0.3 is 20.7 Å². The highest BCUT2D eigenvalue weighted by Gasteiger charge is 2.18. The van der Waals surface area contributed by atoms with Crippen molar-refractivity contribution in [1.29, 1.82) is 0 Å². The molecule has 1 rings (SSSR count). The molecule has 1 aliphatic rings. The van der Waals surface area contributed by atoms with Gasteiger partial charge in [-0.2, -0.15) is 0 Å². The summed E-state index contributed by atoms with van der Waals surface area (Å²) in [4.78, 5) is 13.9. The third kappa shape index (κ3) is 8.21. The van der Waals surface area contributed by atoms with Crippen LogP contribution in [0.3, 0.4) is 0 Å².